The molecule has 1 saturated carbocycles. The van der Waals surface area contributed by atoms with Crippen molar-refractivity contribution in [3.05, 3.63) is 30.1 Å². The molecule has 1 amide bonds. The standard InChI is InChI=1S/C17H23N3O/c1-2-20-15-11-7-6-10-14(15)19-16(20)12-18-17(21)13-8-4-3-5-9-13/h6-7,10-11,13H,2-5,8-9,12H2,1H3,(H,18,21). The monoisotopic (exact) mass is 285 g/mol. The molecule has 0 saturated heterocycles. The van der Waals surface area contributed by atoms with E-state index in [4.69, 9.17) is 0 Å². The molecule has 1 fully saturated rings. The van der Waals surface area contributed by atoms with E-state index < -0.39 is 0 Å². The highest BCUT2D eigenvalue weighted by Crippen LogP contribution is 2.23. The molecule has 1 aromatic heterocycles. The molecule has 112 valence electrons. The normalized spacial score (nSPS) is 16.2. The topological polar surface area (TPSA) is 46.9 Å². The number of fused-ring (bicyclic) bond motifs is 1. The van der Waals surface area contributed by atoms with Crippen molar-refractivity contribution in [1.29, 1.82) is 0 Å². The number of hydrogen-bond acceptors (Lipinski definition) is 2. The molecule has 0 bridgehead atoms. The summed E-state index contributed by atoms with van der Waals surface area (Å²) in [6, 6.07) is 8.13. The highest BCUT2D eigenvalue weighted by atomic mass is 16.1. The molecule has 0 radical (unpaired) electrons. The zero-order valence-corrected chi connectivity index (χ0v) is 12.6. The van der Waals surface area contributed by atoms with Crippen molar-refractivity contribution in [1.82, 2.24) is 14.9 Å². The summed E-state index contributed by atoms with van der Waals surface area (Å²) in [6.45, 7) is 3.51. The van der Waals surface area contributed by atoms with E-state index in [9.17, 15) is 4.79 Å². The van der Waals surface area contributed by atoms with E-state index in [1.54, 1.807) is 0 Å². The van der Waals surface area contributed by atoms with Gasteiger partial charge in [0, 0.05) is 12.5 Å². The summed E-state index contributed by atoms with van der Waals surface area (Å²) in [6.07, 6.45) is 5.72. The maximum atomic E-state index is 12.2. The molecule has 21 heavy (non-hydrogen) atoms. The molecule has 1 aliphatic rings. The van der Waals surface area contributed by atoms with Crippen LogP contribution >= 0.6 is 0 Å². The third-order valence-corrected chi connectivity index (χ3v) is 4.45. The van der Waals surface area contributed by atoms with Gasteiger partial charge in [-0.1, -0.05) is 31.4 Å². The number of amides is 1. The summed E-state index contributed by atoms with van der Waals surface area (Å²) in [4.78, 5) is 16.9. The number of benzene rings is 1. The second-order valence-corrected chi connectivity index (χ2v) is 5.81. The van der Waals surface area contributed by atoms with Gasteiger partial charge in [0.05, 0.1) is 17.6 Å². The maximum absolute atomic E-state index is 12.2. The number of imidazole rings is 1. The molecule has 1 aliphatic carbocycles. The van der Waals surface area contributed by atoms with Gasteiger partial charge in [0.2, 0.25) is 5.91 Å². The number of aryl methyl sites for hydroxylation is 1. The van der Waals surface area contributed by atoms with Crippen molar-refractivity contribution in [3.8, 4) is 0 Å². The van der Waals surface area contributed by atoms with E-state index >= 15 is 0 Å². The van der Waals surface area contributed by atoms with Crippen LogP contribution in [0, 0.1) is 5.92 Å². The van der Waals surface area contributed by atoms with Gasteiger partial charge in [-0.05, 0) is 31.9 Å². The fourth-order valence-corrected chi connectivity index (χ4v) is 3.29. The third-order valence-electron chi connectivity index (χ3n) is 4.45. The summed E-state index contributed by atoms with van der Waals surface area (Å²) in [5.74, 6) is 1.35. The minimum atomic E-state index is 0.199. The van der Waals surface area contributed by atoms with Crippen LogP contribution in [0.3, 0.4) is 0 Å². The highest BCUT2D eigenvalue weighted by molar-refractivity contribution is 5.79. The molecule has 2 aromatic rings. The third kappa shape index (κ3) is 2.94. The van der Waals surface area contributed by atoms with Gasteiger partial charge < -0.3 is 9.88 Å². The fraction of sp³-hybridized carbons (Fsp3) is 0.529. The van der Waals surface area contributed by atoms with Gasteiger partial charge >= 0.3 is 0 Å². The Morgan fingerprint density at radius 2 is 2.05 bits per heavy atom. The summed E-state index contributed by atoms with van der Waals surface area (Å²) in [5.41, 5.74) is 2.14. The van der Waals surface area contributed by atoms with E-state index in [1.165, 1.54) is 19.3 Å². The van der Waals surface area contributed by atoms with Crippen LogP contribution in [-0.2, 0) is 17.9 Å². The van der Waals surface area contributed by atoms with Crippen LogP contribution < -0.4 is 5.32 Å². The first-order valence-corrected chi connectivity index (χ1v) is 8.01. The van der Waals surface area contributed by atoms with Crippen LogP contribution in [-0.4, -0.2) is 15.5 Å². The molecular formula is C17H23N3O. The minimum absolute atomic E-state index is 0.199. The lowest BCUT2D eigenvalue weighted by Gasteiger charge is -2.20. The fourth-order valence-electron chi connectivity index (χ4n) is 3.29. The first-order valence-electron chi connectivity index (χ1n) is 8.01. The Kier molecular flexibility index (Phi) is 4.23. The molecule has 4 nitrogen and oxygen atoms in total. The van der Waals surface area contributed by atoms with Gasteiger partial charge in [0.25, 0.3) is 0 Å². The number of hydrogen-bond donors (Lipinski definition) is 1. The summed E-state index contributed by atoms with van der Waals surface area (Å²) in [7, 11) is 0. The number of nitrogens with one attached hydrogen (secondary N) is 1. The predicted octanol–water partition coefficient (Wildman–Crippen LogP) is 3.25. The lowest BCUT2D eigenvalue weighted by molar-refractivity contribution is -0.126. The van der Waals surface area contributed by atoms with Gasteiger partial charge in [0.1, 0.15) is 5.82 Å². The van der Waals surface area contributed by atoms with Crippen LogP contribution in [0.2, 0.25) is 0 Å². The number of aromatic nitrogens is 2. The smallest absolute Gasteiger partial charge is 0.223 e. The number of rotatable bonds is 4. The summed E-state index contributed by atoms with van der Waals surface area (Å²) >= 11 is 0. The van der Waals surface area contributed by atoms with E-state index in [0.29, 0.717) is 6.54 Å². The van der Waals surface area contributed by atoms with Gasteiger partial charge in [-0.25, -0.2) is 4.98 Å². The average Bonchev–Trinajstić information content (AvgIpc) is 2.91. The molecule has 0 aliphatic heterocycles. The van der Waals surface area contributed by atoms with Crippen molar-refractivity contribution in [2.75, 3.05) is 0 Å². The average molecular weight is 285 g/mol. The highest BCUT2D eigenvalue weighted by Gasteiger charge is 2.21. The second kappa shape index (κ2) is 6.29. The van der Waals surface area contributed by atoms with Gasteiger partial charge in [-0.3, -0.25) is 4.79 Å². The lowest BCUT2D eigenvalue weighted by Crippen LogP contribution is -2.32. The van der Waals surface area contributed by atoms with Crippen molar-refractivity contribution in [2.24, 2.45) is 5.92 Å². The molecule has 1 aromatic carbocycles. The Bertz CT molecular complexity index is 626. The molecule has 1 heterocycles. The lowest BCUT2D eigenvalue weighted by atomic mass is 9.89. The Balaban J connectivity index is 1.71. The molecule has 1 N–H and O–H groups in total. The number of nitrogens with zero attached hydrogens (tertiary/aromatic N) is 2. The second-order valence-electron chi connectivity index (χ2n) is 5.81. The predicted molar refractivity (Wildman–Crippen MR) is 83.8 cm³/mol. The first-order chi connectivity index (χ1) is 10.3. The number of carbonyl (C=O) groups excluding carboxylic acids is 1. The summed E-state index contributed by atoms with van der Waals surface area (Å²) < 4.78 is 2.18. The zero-order chi connectivity index (χ0) is 14.7. The van der Waals surface area contributed by atoms with E-state index in [2.05, 4.69) is 27.9 Å². The van der Waals surface area contributed by atoms with E-state index in [1.807, 2.05) is 18.2 Å². The van der Waals surface area contributed by atoms with Crippen LogP contribution in [0.1, 0.15) is 44.9 Å². The molecular weight excluding hydrogens is 262 g/mol. The Labute approximate surface area is 125 Å². The number of carbonyl (C=O) groups is 1. The number of para-hydroxylation sites is 2. The van der Waals surface area contributed by atoms with Crippen LogP contribution in [0.15, 0.2) is 24.3 Å². The van der Waals surface area contributed by atoms with E-state index in [0.717, 1.165) is 36.2 Å². The Hall–Kier alpha value is -1.84. The SMILES string of the molecule is CCn1c(CNC(=O)C2CCCCC2)nc2ccccc21. The minimum Gasteiger partial charge on any atom is -0.349 e. The maximum Gasteiger partial charge on any atom is 0.223 e. The van der Waals surface area contributed by atoms with Crippen molar-refractivity contribution in [3.63, 3.8) is 0 Å². The van der Waals surface area contributed by atoms with Crippen molar-refractivity contribution in [2.45, 2.75) is 52.1 Å². The molecule has 0 spiro atoms. The quantitative estimate of drug-likeness (QED) is 0.937. The summed E-state index contributed by atoms with van der Waals surface area (Å²) in [5, 5.41) is 3.08. The van der Waals surface area contributed by atoms with Gasteiger partial charge in [-0.15, -0.1) is 0 Å². The van der Waals surface area contributed by atoms with E-state index in [-0.39, 0.29) is 11.8 Å². The van der Waals surface area contributed by atoms with Gasteiger partial charge in [0.15, 0.2) is 0 Å². The Morgan fingerprint density at radius 1 is 1.29 bits per heavy atom. The van der Waals surface area contributed by atoms with Crippen molar-refractivity contribution < 1.29 is 4.79 Å². The largest absolute Gasteiger partial charge is 0.349 e. The van der Waals surface area contributed by atoms with Crippen LogP contribution in [0.4, 0.5) is 0 Å². The van der Waals surface area contributed by atoms with Crippen LogP contribution in [0.5, 0.6) is 0 Å². The first kappa shape index (κ1) is 14.1. The molecule has 0 atom stereocenters. The Morgan fingerprint density at radius 3 is 2.81 bits per heavy atom. The zero-order valence-electron chi connectivity index (χ0n) is 12.6. The van der Waals surface area contributed by atoms with Crippen molar-refractivity contribution >= 4 is 16.9 Å². The molecule has 0 unspecified atom stereocenters. The molecule has 3 rings (SSSR count). The van der Waals surface area contributed by atoms with Crippen LogP contribution in [0.25, 0.3) is 11.0 Å². The van der Waals surface area contributed by atoms with Gasteiger partial charge in [-0.2, -0.15) is 0 Å². The molecule has 4 heteroatoms.